The van der Waals surface area contributed by atoms with Gasteiger partial charge in [0, 0.05) is 16.9 Å². The fraction of sp³-hybridized carbons (Fsp3) is 0.217. The maximum Gasteiger partial charge on any atom is 0.272 e. The van der Waals surface area contributed by atoms with Gasteiger partial charge in [0.1, 0.15) is 5.25 Å². The normalized spacial score (nSPS) is 20.2. The molecular formula is C23H19ClO3S. The van der Waals surface area contributed by atoms with Gasteiger partial charge in [-0.3, -0.25) is 4.55 Å². The Labute approximate surface area is 169 Å². The highest BCUT2D eigenvalue weighted by atomic mass is 35.5. The van der Waals surface area contributed by atoms with E-state index >= 15 is 0 Å². The summed E-state index contributed by atoms with van der Waals surface area (Å²) >= 11 is 6.56. The third kappa shape index (κ3) is 2.35. The summed E-state index contributed by atoms with van der Waals surface area (Å²) in [6.45, 7) is 1.76. The van der Waals surface area contributed by atoms with Crippen LogP contribution < -0.4 is 0 Å². The number of halogens is 1. The van der Waals surface area contributed by atoms with Gasteiger partial charge >= 0.3 is 0 Å². The molecule has 1 unspecified atom stereocenters. The number of hydrogen-bond acceptors (Lipinski definition) is 2. The summed E-state index contributed by atoms with van der Waals surface area (Å²) in [5, 5.41) is -0.639. The van der Waals surface area contributed by atoms with Gasteiger partial charge in [0.05, 0.1) is 0 Å². The van der Waals surface area contributed by atoms with Gasteiger partial charge in [0.2, 0.25) is 0 Å². The van der Waals surface area contributed by atoms with E-state index in [1.54, 1.807) is 13.0 Å². The lowest BCUT2D eigenvalue weighted by Gasteiger charge is -2.43. The van der Waals surface area contributed by atoms with Crippen molar-refractivity contribution in [2.24, 2.45) is 0 Å². The van der Waals surface area contributed by atoms with Crippen LogP contribution in [0, 0.1) is 0 Å². The molecule has 1 atom stereocenters. The molecule has 3 aliphatic rings. The van der Waals surface area contributed by atoms with Crippen LogP contribution in [0.1, 0.15) is 69.4 Å². The van der Waals surface area contributed by atoms with E-state index in [2.05, 4.69) is 24.3 Å². The van der Waals surface area contributed by atoms with Crippen molar-refractivity contribution in [2.45, 2.75) is 30.4 Å². The Hall–Kier alpha value is -2.14. The Morgan fingerprint density at radius 1 is 0.857 bits per heavy atom. The maximum atomic E-state index is 12.2. The second-order valence-corrected chi connectivity index (χ2v) is 9.51. The predicted octanol–water partition coefficient (Wildman–Crippen LogP) is 5.67. The summed E-state index contributed by atoms with van der Waals surface area (Å²) in [7, 11) is -4.28. The lowest BCUT2D eigenvalue weighted by atomic mass is 9.60. The first-order valence-electron chi connectivity index (χ1n) is 9.39. The minimum atomic E-state index is -4.28. The van der Waals surface area contributed by atoms with Crippen LogP contribution >= 0.6 is 11.6 Å². The van der Waals surface area contributed by atoms with E-state index < -0.39 is 15.4 Å². The van der Waals surface area contributed by atoms with Crippen molar-refractivity contribution in [3.63, 3.8) is 0 Å². The zero-order chi connectivity index (χ0) is 19.6. The zero-order valence-corrected chi connectivity index (χ0v) is 16.8. The summed E-state index contributed by atoms with van der Waals surface area (Å²) < 4.78 is 34.3. The Morgan fingerprint density at radius 3 is 1.82 bits per heavy atom. The van der Waals surface area contributed by atoms with Crippen LogP contribution in [0.25, 0.3) is 0 Å². The standard InChI is InChI=1S/C23H19ClO3S/c1-2-19(28(25,26)27)23-18(24)12-11-17-20-13-7-3-5-9-15(13)21(22(17)23)16-10-6-4-8-14(16)20/h3-12,19-21H,2H2,1H3,(H,25,26,27). The third-order valence-corrected chi connectivity index (χ3v) is 7.77. The molecule has 0 saturated heterocycles. The molecule has 3 aromatic rings. The first-order chi connectivity index (χ1) is 13.4. The van der Waals surface area contributed by atoms with Crippen molar-refractivity contribution >= 4 is 21.7 Å². The molecule has 6 rings (SSSR count). The minimum Gasteiger partial charge on any atom is -0.285 e. The molecule has 3 aliphatic carbocycles. The molecule has 0 radical (unpaired) electrons. The largest absolute Gasteiger partial charge is 0.285 e. The smallest absolute Gasteiger partial charge is 0.272 e. The van der Waals surface area contributed by atoms with Crippen LogP contribution in [-0.2, 0) is 10.1 Å². The van der Waals surface area contributed by atoms with Crippen LogP contribution in [-0.4, -0.2) is 13.0 Å². The van der Waals surface area contributed by atoms with Crippen molar-refractivity contribution in [1.82, 2.24) is 0 Å². The van der Waals surface area contributed by atoms with Crippen LogP contribution in [0.15, 0.2) is 60.7 Å². The van der Waals surface area contributed by atoms with Crippen LogP contribution in [0.4, 0.5) is 0 Å². The fourth-order valence-corrected chi connectivity index (χ4v) is 6.48. The highest BCUT2D eigenvalue weighted by Crippen LogP contribution is 2.58. The van der Waals surface area contributed by atoms with Gasteiger partial charge in [-0.15, -0.1) is 0 Å². The van der Waals surface area contributed by atoms with Crippen molar-refractivity contribution in [1.29, 1.82) is 0 Å². The number of hydrogen-bond donors (Lipinski definition) is 1. The highest BCUT2D eigenvalue weighted by molar-refractivity contribution is 7.86. The van der Waals surface area contributed by atoms with Gasteiger partial charge in [-0.25, -0.2) is 0 Å². The first-order valence-corrected chi connectivity index (χ1v) is 11.3. The van der Waals surface area contributed by atoms with E-state index in [4.69, 9.17) is 11.6 Å². The Balaban J connectivity index is 1.89. The van der Waals surface area contributed by atoms with Gasteiger partial charge in [-0.1, -0.05) is 73.1 Å². The van der Waals surface area contributed by atoms with E-state index in [-0.39, 0.29) is 18.3 Å². The van der Waals surface area contributed by atoms with Gasteiger partial charge in [0.25, 0.3) is 10.1 Å². The van der Waals surface area contributed by atoms with E-state index in [0.717, 1.165) is 11.1 Å². The average Bonchev–Trinajstić information content (AvgIpc) is 2.68. The number of benzene rings is 3. The molecule has 0 spiro atoms. The van der Waals surface area contributed by atoms with Crippen molar-refractivity contribution in [2.75, 3.05) is 0 Å². The Bertz CT molecular complexity index is 1170. The Kier molecular flexibility index (Phi) is 3.96. The Morgan fingerprint density at radius 2 is 1.36 bits per heavy atom. The zero-order valence-electron chi connectivity index (χ0n) is 15.3. The lowest BCUT2D eigenvalue weighted by Crippen LogP contribution is -2.30. The molecule has 1 N–H and O–H groups in total. The van der Waals surface area contributed by atoms with Crippen LogP contribution in [0.5, 0.6) is 0 Å². The fourth-order valence-electron chi connectivity index (χ4n) is 5.15. The first kappa shape index (κ1) is 17.9. The second-order valence-electron chi connectivity index (χ2n) is 7.50. The molecule has 0 saturated carbocycles. The van der Waals surface area contributed by atoms with Crippen molar-refractivity contribution < 1.29 is 13.0 Å². The lowest BCUT2D eigenvalue weighted by molar-refractivity contribution is 0.465. The van der Waals surface area contributed by atoms with Crippen LogP contribution in [0.2, 0.25) is 5.02 Å². The van der Waals surface area contributed by atoms with E-state index in [9.17, 15) is 13.0 Å². The van der Waals surface area contributed by atoms with Gasteiger partial charge < -0.3 is 0 Å². The second kappa shape index (κ2) is 6.18. The van der Waals surface area contributed by atoms with Gasteiger partial charge in [-0.05, 0) is 51.4 Å². The van der Waals surface area contributed by atoms with Gasteiger partial charge in [-0.2, -0.15) is 8.42 Å². The minimum absolute atomic E-state index is 0.0438. The maximum absolute atomic E-state index is 12.2. The number of rotatable bonds is 3. The molecule has 142 valence electrons. The average molecular weight is 411 g/mol. The van der Waals surface area contributed by atoms with E-state index in [0.29, 0.717) is 10.6 Å². The molecule has 0 aliphatic heterocycles. The van der Waals surface area contributed by atoms with E-state index in [1.807, 2.05) is 30.3 Å². The molecule has 5 heteroatoms. The highest BCUT2D eigenvalue weighted by Gasteiger charge is 2.44. The summed E-state index contributed by atoms with van der Waals surface area (Å²) in [5.74, 6) is -0.0424. The molecule has 3 aromatic carbocycles. The molecule has 3 nitrogen and oxygen atoms in total. The van der Waals surface area contributed by atoms with Crippen LogP contribution in [0.3, 0.4) is 0 Å². The summed E-state index contributed by atoms with van der Waals surface area (Å²) in [6, 6.07) is 20.5. The predicted molar refractivity (Wildman–Crippen MR) is 111 cm³/mol. The quantitative estimate of drug-likeness (QED) is 0.390. The molecular weight excluding hydrogens is 392 g/mol. The topological polar surface area (TPSA) is 54.4 Å². The molecule has 0 amide bonds. The third-order valence-electron chi connectivity index (χ3n) is 6.16. The van der Waals surface area contributed by atoms with E-state index in [1.165, 1.54) is 22.3 Å². The summed E-state index contributed by atoms with van der Waals surface area (Å²) in [6.07, 6.45) is 0.260. The van der Waals surface area contributed by atoms with Crippen molar-refractivity contribution in [3.05, 3.63) is 105 Å². The molecule has 0 heterocycles. The summed E-state index contributed by atoms with van der Waals surface area (Å²) in [4.78, 5) is 0. The van der Waals surface area contributed by atoms with Crippen molar-refractivity contribution in [3.8, 4) is 0 Å². The molecule has 2 bridgehead atoms. The van der Waals surface area contributed by atoms with Gasteiger partial charge in [0.15, 0.2) is 0 Å². The molecule has 0 aromatic heterocycles. The summed E-state index contributed by atoms with van der Waals surface area (Å²) in [5.41, 5.74) is 7.46. The SMILES string of the molecule is CCC(c1c(Cl)ccc2c1C1c3ccccc3C2c2ccccc21)S(=O)(=O)O. The molecule has 0 fully saturated rings. The monoisotopic (exact) mass is 410 g/mol. The molecule has 28 heavy (non-hydrogen) atoms.